The second-order valence-electron chi connectivity index (χ2n) is 13.2. The van der Waals surface area contributed by atoms with E-state index in [2.05, 4.69) is 0 Å². The molecule has 2 aromatic rings. The zero-order chi connectivity index (χ0) is 37.6. The van der Waals surface area contributed by atoms with Crippen molar-refractivity contribution in [3.8, 4) is 0 Å². The zero-order valence-electron chi connectivity index (χ0n) is 28.3. The van der Waals surface area contributed by atoms with Gasteiger partial charge in [-0.25, -0.2) is 9.59 Å². The Labute approximate surface area is 300 Å². The van der Waals surface area contributed by atoms with Crippen LogP contribution < -0.4 is 0 Å². The molecule has 7 atom stereocenters. The fourth-order valence-corrected chi connectivity index (χ4v) is 8.84. The van der Waals surface area contributed by atoms with E-state index in [1.807, 2.05) is 6.92 Å². The summed E-state index contributed by atoms with van der Waals surface area (Å²) in [4.78, 5) is 91.4. The first kappa shape index (κ1) is 36.4. The van der Waals surface area contributed by atoms with Crippen molar-refractivity contribution < 1.29 is 48.4 Å². The lowest BCUT2D eigenvalue weighted by molar-refractivity contribution is -0.385. The van der Waals surface area contributed by atoms with Crippen LogP contribution in [0.3, 0.4) is 0 Å². The molecule has 52 heavy (non-hydrogen) atoms. The lowest BCUT2D eigenvalue weighted by Crippen LogP contribution is -2.63. The minimum atomic E-state index is -0.988. The number of hydrogen-bond donors (Lipinski definition) is 1. The van der Waals surface area contributed by atoms with E-state index in [1.54, 1.807) is 0 Å². The Morgan fingerprint density at radius 1 is 0.942 bits per heavy atom. The van der Waals surface area contributed by atoms with Crippen LogP contribution in [0.25, 0.3) is 0 Å². The van der Waals surface area contributed by atoms with Crippen molar-refractivity contribution in [3.63, 3.8) is 0 Å². The lowest BCUT2D eigenvalue weighted by atomic mass is 9.79. The molecule has 274 valence electrons. The molecule has 0 bridgehead atoms. The van der Waals surface area contributed by atoms with Crippen LogP contribution in [0.2, 0.25) is 0 Å². The number of amides is 4. The maximum Gasteiger partial charge on any atom is 0.410 e. The van der Waals surface area contributed by atoms with Crippen molar-refractivity contribution in [1.29, 1.82) is 0 Å². The summed E-state index contributed by atoms with van der Waals surface area (Å²) in [6.45, 7) is 2.96. The number of nitrogens with zero attached hydrogens (tertiary/aromatic N) is 5. The predicted octanol–water partition coefficient (Wildman–Crippen LogP) is 3.13. The summed E-state index contributed by atoms with van der Waals surface area (Å²) < 4.78 is 11.2. The number of ether oxygens (including phenoxy) is 2. The van der Waals surface area contributed by atoms with Gasteiger partial charge in [-0.3, -0.25) is 39.5 Å². The fraction of sp³-hybridized carbons (Fsp3) is 0.441. The van der Waals surface area contributed by atoms with E-state index >= 15 is 0 Å². The first-order valence-corrected chi connectivity index (χ1v) is 17.3. The van der Waals surface area contributed by atoms with Gasteiger partial charge < -0.3 is 24.4 Å². The van der Waals surface area contributed by atoms with Crippen molar-refractivity contribution >= 4 is 52.9 Å². The van der Waals surface area contributed by atoms with Gasteiger partial charge >= 0.3 is 12.1 Å². The second-order valence-corrected chi connectivity index (χ2v) is 14.6. The predicted molar refractivity (Wildman–Crippen MR) is 181 cm³/mol. The van der Waals surface area contributed by atoms with Gasteiger partial charge in [0.1, 0.15) is 18.9 Å². The van der Waals surface area contributed by atoms with Crippen LogP contribution in [-0.4, -0.2) is 96.5 Å². The van der Waals surface area contributed by atoms with Gasteiger partial charge in [-0.15, -0.1) is 11.8 Å². The molecule has 17 nitrogen and oxygen atoms in total. The number of non-ortho nitro benzene ring substituents is 2. The first-order chi connectivity index (χ1) is 24.7. The summed E-state index contributed by atoms with van der Waals surface area (Å²) in [5, 5.41) is 32.1. The number of imide groups is 1. The Hall–Kier alpha value is -5.36. The number of thioether (sulfide) groups is 1. The highest BCUT2D eigenvalue weighted by Crippen LogP contribution is 2.53. The average Bonchev–Trinajstić information content (AvgIpc) is 3.72. The molecule has 3 saturated heterocycles. The molecule has 0 aliphatic carbocycles. The molecule has 0 aromatic heterocycles. The van der Waals surface area contributed by atoms with Gasteiger partial charge in [0.15, 0.2) is 0 Å². The molecule has 0 radical (unpaired) electrons. The van der Waals surface area contributed by atoms with E-state index in [4.69, 9.17) is 9.47 Å². The van der Waals surface area contributed by atoms with Gasteiger partial charge in [0.2, 0.25) is 17.7 Å². The average molecular weight is 738 g/mol. The van der Waals surface area contributed by atoms with Gasteiger partial charge in [0, 0.05) is 66.4 Å². The number of likely N-dealkylation sites (tertiary alicyclic amines) is 2. The van der Waals surface area contributed by atoms with Crippen LogP contribution in [-0.2, 0) is 41.9 Å². The van der Waals surface area contributed by atoms with Crippen LogP contribution in [0.4, 0.5) is 16.2 Å². The number of benzene rings is 2. The van der Waals surface area contributed by atoms with Crippen molar-refractivity contribution in [2.45, 2.75) is 63.3 Å². The van der Waals surface area contributed by atoms with Crippen LogP contribution in [0.15, 0.2) is 59.1 Å². The van der Waals surface area contributed by atoms with E-state index in [-0.39, 0.29) is 55.6 Å². The maximum absolute atomic E-state index is 13.7. The van der Waals surface area contributed by atoms with E-state index in [9.17, 15) is 49.3 Å². The monoisotopic (exact) mass is 737 g/mol. The van der Waals surface area contributed by atoms with Gasteiger partial charge in [-0.05, 0) is 48.7 Å². The Morgan fingerprint density at radius 3 is 2.00 bits per heavy atom. The number of aliphatic hydroxyl groups is 1. The van der Waals surface area contributed by atoms with Crippen molar-refractivity contribution in [3.05, 3.63) is 90.5 Å². The number of nitro benzene ring substituents is 2. The number of carbonyl (C=O) groups is 5. The highest BCUT2D eigenvalue weighted by molar-refractivity contribution is 8.03. The van der Waals surface area contributed by atoms with Crippen molar-refractivity contribution in [2.75, 3.05) is 13.6 Å². The van der Waals surface area contributed by atoms with E-state index in [0.29, 0.717) is 16.0 Å². The third-order valence-electron chi connectivity index (χ3n) is 10.0. The number of hydrogen-bond acceptors (Lipinski definition) is 13. The van der Waals surface area contributed by atoms with Gasteiger partial charge in [-0.2, -0.15) is 0 Å². The second kappa shape index (κ2) is 14.3. The Bertz CT molecular complexity index is 1870. The van der Waals surface area contributed by atoms with Crippen LogP contribution in [0.1, 0.15) is 37.8 Å². The molecule has 4 heterocycles. The number of fused-ring (bicyclic) bond motifs is 1. The highest BCUT2D eigenvalue weighted by atomic mass is 32.2. The number of carbonyl (C=O) groups excluding carboxylic acids is 5. The smallest absolute Gasteiger partial charge is 0.410 e. The molecular weight excluding hydrogens is 702 g/mol. The maximum atomic E-state index is 13.7. The summed E-state index contributed by atoms with van der Waals surface area (Å²) in [6, 6.07) is 9.70. The largest absolute Gasteiger partial charge is 0.456 e. The van der Waals surface area contributed by atoms with Crippen molar-refractivity contribution in [1.82, 2.24) is 14.7 Å². The Balaban J connectivity index is 1.24. The molecule has 0 saturated carbocycles. The number of aliphatic hydroxyl groups excluding tert-OH is 1. The minimum Gasteiger partial charge on any atom is -0.456 e. The molecule has 1 unspecified atom stereocenters. The third kappa shape index (κ3) is 6.70. The minimum absolute atomic E-state index is 0.00825. The molecule has 6 rings (SSSR count). The topological polar surface area (TPSA) is 220 Å². The number of esters is 1. The van der Waals surface area contributed by atoms with Crippen LogP contribution >= 0.6 is 11.8 Å². The summed E-state index contributed by atoms with van der Waals surface area (Å²) in [5.74, 6) is -4.08. The third-order valence-corrected chi connectivity index (χ3v) is 11.5. The van der Waals surface area contributed by atoms with Crippen molar-refractivity contribution in [2.24, 2.45) is 17.8 Å². The Kier molecular flexibility index (Phi) is 10.0. The van der Waals surface area contributed by atoms with Gasteiger partial charge in [0.25, 0.3) is 11.4 Å². The molecule has 0 spiro atoms. The zero-order valence-corrected chi connectivity index (χ0v) is 29.1. The number of nitro groups is 2. The van der Waals surface area contributed by atoms with E-state index in [0.717, 1.165) is 4.90 Å². The van der Waals surface area contributed by atoms with Gasteiger partial charge in [0.05, 0.1) is 33.8 Å². The summed E-state index contributed by atoms with van der Waals surface area (Å²) in [6.07, 6.45) is -1.61. The quantitative estimate of drug-likeness (QED) is 0.115. The molecular formula is C34H35N5O12S. The fourth-order valence-electron chi connectivity index (χ4n) is 7.31. The lowest BCUT2D eigenvalue weighted by Gasteiger charge is -2.46. The molecule has 18 heteroatoms. The SMILES string of the molecule is C[C@@H](O)[C@H]1C(=O)N2C(C(=O)OCc3ccc([N+](=O)[O-])cc3)=C(S[C@H]3C[C@@H](C4CC(=O)N(C)C4=O)N(C(=O)OCc4ccc([N+](=O)[O-])cc4)C3)[C@H](C)[C@H]12. The van der Waals surface area contributed by atoms with E-state index < -0.39 is 74.9 Å². The van der Waals surface area contributed by atoms with E-state index in [1.165, 1.54) is 84.1 Å². The van der Waals surface area contributed by atoms with Crippen LogP contribution in [0.5, 0.6) is 0 Å². The summed E-state index contributed by atoms with van der Waals surface area (Å²) in [5.41, 5.74) is 0.730. The van der Waals surface area contributed by atoms with Crippen LogP contribution in [0, 0.1) is 38.0 Å². The molecule has 2 aromatic carbocycles. The molecule has 4 aliphatic rings. The Morgan fingerprint density at radius 2 is 1.50 bits per heavy atom. The molecule has 4 amide bonds. The highest BCUT2D eigenvalue weighted by Gasteiger charge is 2.61. The normalized spacial score (nSPS) is 26.0. The summed E-state index contributed by atoms with van der Waals surface area (Å²) in [7, 11) is 1.38. The molecule has 3 fully saturated rings. The summed E-state index contributed by atoms with van der Waals surface area (Å²) >= 11 is 1.26. The number of rotatable bonds is 11. The van der Waals surface area contributed by atoms with Gasteiger partial charge in [-0.1, -0.05) is 6.92 Å². The first-order valence-electron chi connectivity index (χ1n) is 16.5. The molecule has 4 aliphatic heterocycles. The molecule has 1 N–H and O–H groups in total. The standard InChI is InChI=1S/C34H35N5O12S/c1-17-28-27(18(2)40)32(43)37(28)29(33(44)50-15-19-4-8-21(9-5-19)38(46)47)30(17)52-23-12-25(24-13-26(41)35(3)31(24)42)36(14-23)34(45)51-16-20-6-10-22(11-7-20)39(48)49/h4-11,17-18,23-25,27-28,40H,12-16H2,1-3H3/t17-,18-,23+,24?,25+,27-,28-/m1/s1. The number of β-lactam (4-membered cyclic amide) rings is 1.